The number of para-hydroxylation sites is 1. The molecule has 0 spiro atoms. The first-order chi connectivity index (χ1) is 7.51. The van der Waals surface area contributed by atoms with Crippen LogP contribution in [0.5, 0.6) is 0 Å². The molecule has 0 aliphatic carbocycles. The van der Waals surface area contributed by atoms with E-state index in [1.807, 2.05) is 31.2 Å². The maximum absolute atomic E-state index is 11.1. The normalized spacial score (nSPS) is 12.1. The van der Waals surface area contributed by atoms with Crippen LogP contribution in [0.3, 0.4) is 0 Å². The summed E-state index contributed by atoms with van der Waals surface area (Å²) in [5.74, 6) is -0.222. The van der Waals surface area contributed by atoms with Crippen molar-refractivity contribution in [1.29, 1.82) is 0 Å². The minimum Gasteiger partial charge on any atom is -0.265 e. The lowest BCUT2D eigenvalue weighted by molar-refractivity contribution is 0.595. The van der Waals surface area contributed by atoms with Crippen LogP contribution in [0.4, 0.5) is 0 Å². The van der Waals surface area contributed by atoms with Gasteiger partial charge < -0.3 is 0 Å². The standard InChI is InChI=1S/C10H13N3O2S/c1-2-13-10-6-4-3-5-8(10)9(12-13)7-16(11,14)15/h3-6H,2,7H2,1H3,(H2,11,14,15). The van der Waals surface area contributed by atoms with E-state index in [4.69, 9.17) is 5.14 Å². The number of fused-ring (bicyclic) bond motifs is 1. The van der Waals surface area contributed by atoms with Crippen LogP contribution < -0.4 is 5.14 Å². The average Bonchev–Trinajstić information content (AvgIpc) is 2.55. The van der Waals surface area contributed by atoms with E-state index in [1.54, 1.807) is 4.68 Å². The molecular weight excluding hydrogens is 226 g/mol. The van der Waals surface area contributed by atoms with Crippen LogP contribution in [0.15, 0.2) is 24.3 Å². The fourth-order valence-electron chi connectivity index (χ4n) is 1.73. The summed E-state index contributed by atoms with van der Waals surface area (Å²) >= 11 is 0. The summed E-state index contributed by atoms with van der Waals surface area (Å²) in [5, 5.41) is 10.1. The Kier molecular flexibility index (Phi) is 2.69. The highest BCUT2D eigenvalue weighted by atomic mass is 32.2. The fraction of sp³-hybridized carbons (Fsp3) is 0.300. The molecule has 0 amide bonds. The minimum absolute atomic E-state index is 0.222. The van der Waals surface area contributed by atoms with Gasteiger partial charge >= 0.3 is 0 Å². The minimum atomic E-state index is -3.54. The van der Waals surface area contributed by atoms with E-state index in [9.17, 15) is 8.42 Å². The van der Waals surface area contributed by atoms with Crippen LogP contribution >= 0.6 is 0 Å². The summed E-state index contributed by atoms with van der Waals surface area (Å²) in [5.41, 5.74) is 1.45. The molecule has 0 aliphatic heterocycles. The number of primary sulfonamides is 1. The van der Waals surface area contributed by atoms with Gasteiger partial charge in [0.25, 0.3) is 0 Å². The maximum atomic E-state index is 11.1. The molecule has 1 heterocycles. The van der Waals surface area contributed by atoms with E-state index in [0.717, 1.165) is 10.9 Å². The van der Waals surface area contributed by atoms with Gasteiger partial charge in [0.15, 0.2) is 0 Å². The van der Waals surface area contributed by atoms with Gasteiger partial charge in [-0.3, -0.25) is 4.68 Å². The largest absolute Gasteiger partial charge is 0.265 e. The molecule has 0 saturated carbocycles. The Bertz CT molecular complexity index is 616. The van der Waals surface area contributed by atoms with Crippen molar-refractivity contribution in [3.63, 3.8) is 0 Å². The Hall–Kier alpha value is -1.40. The van der Waals surface area contributed by atoms with Crippen LogP contribution in [0.25, 0.3) is 10.9 Å². The van der Waals surface area contributed by atoms with Gasteiger partial charge in [-0.1, -0.05) is 18.2 Å². The first-order valence-corrected chi connectivity index (χ1v) is 6.67. The molecule has 2 N–H and O–H groups in total. The van der Waals surface area contributed by atoms with Gasteiger partial charge in [0, 0.05) is 11.9 Å². The molecule has 0 bridgehead atoms. The highest BCUT2D eigenvalue weighted by Crippen LogP contribution is 2.19. The second-order valence-electron chi connectivity index (χ2n) is 3.59. The van der Waals surface area contributed by atoms with Gasteiger partial charge in [0.1, 0.15) is 5.75 Å². The average molecular weight is 239 g/mol. The Morgan fingerprint density at radius 3 is 2.69 bits per heavy atom. The summed E-state index contributed by atoms with van der Waals surface area (Å²) in [6, 6.07) is 7.53. The molecule has 5 nitrogen and oxygen atoms in total. The predicted octanol–water partition coefficient (Wildman–Crippen LogP) is 0.845. The number of aromatic nitrogens is 2. The monoisotopic (exact) mass is 239 g/mol. The molecule has 2 rings (SSSR count). The molecule has 0 aliphatic rings. The van der Waals surface area contributed by atoms with Crippen molar-refractivity contribution in [2.24, 2.45) is 5.14 Å². The highest BCUT2D eigenvalue weighted by molar-refractivity contribution is 7.88. The number of benzene rings is 1. The van der Waals surface area contributed by atoms with Crippen molar-refractivity contribution in [1.82, 2.24) is 9.78 Å². The number of rotatable bonds is 3. The van der Waals surface area contributed by atoms with Crippen molar-refractivity contribution < 1.29 is 8.42 Å². The zero-order valence-corrected chi connectivity index (χ0v) is 9.74. The lowest BCUT2D eigenvalue weighted by Gasteiger charge is -1.95. The zero-order valence-electron chi connectivity index (χ0n) is 8.92. The van der Waals surface area contributed by atoms with E-state index in [-0.39, 0.29) is 5.75 Å². The Labute approximate surface area is 93.9 Å². The third-order valence-electron chi connectivity index (χ3n) is 2.37. The van der Waals surface area contributed by atoms with Gasteiger partial charge in [0.2, 0.25) is 10.0 Å². The smallest absolute Gasteiger partial charge is 0.214 e. The quantitative estimate of drug-likeness (QED) is 0.862. The lowest BCUT2D eigenvalue weighted by atomic mass is 10.2. The molecule has 0 atom stereocenters. The molecule has 6 heteroatoms. The zero-order chi connectivity index (χ0) is 11.8. The molecule has 1 aromatic heterocycles. The van der Waals surface area contributed by atoms with E-state index in [0.29, 0.717) is 12.2 Å². The molecule has 0 saturated heterocycles. The molecule has 16 heavy (non-hydrogen) atoms. The topological polar surface area (TPSA) is 78.0 Å². The van der Waals surface area contributed by atoms with E-state index >= 15 is 0 Å². The maximum Gasteiger partial charge on any atom is 0.214 e. The van der Waals surface area contributed by atoms with Gasteiger partial charge in [0.05, 0.1) is 11.2 Å². The van der Waals surface area contributed by atoms with Crippen LogP contribution in [0.2, 0.25) is 0 Å². The second kappa shape index (κ2) is 3.88. The summed E-state index contributed by atoms with van der Waals surface area (Å²) < 4.78 is 23.9. The predicted molar refractivity (Wildman–Crippen MR) is 62.2 cm³/mol. The van der Waals surface area contributed by atoms with Crippen molar-refractivity contribution in [2.75, 3.05) is 0 Å². The van der Waals surface area contributed by atoms with E-state index < -0.39 is 10.0 Å². The van der Waals surface area contributed by atoms with Crippen molar-refractivity contribution in [3.8, 4) is 0 Å². The summed E-state index contributed by atoms with van der Waals surface area (Å²) in [7, 11) is -3.54. The van der Waals surface area contributed by atoms with E-state index in [2.05, 4.69) is 5.10 Å². The number of hydrogen-bond acceptors (Lipinski definition) is 3. The highest BCUT2D eigenvalue weighted by Gasteiger charge is 2.13. The van der Waals surface area contributed by atoms with Crippen molar-refractivity contribution in [2.45, 2.75) is 19.2 Å². The second-order valence-corrected chi connectivity index (χ2v) is 5.20. The molecule has 0 fully saturated rings. The van der Waals surface area contributed by atoms with Crippen LogP contribution in [-0.4, -0.2) is 18.2 Å². The molecule has 2 aromatic rings. The number of nitrogens with zero attached hydrogens (tertiary/aromatic N) is 2. The van der Waals surface area contributed by atoms with Gasteiger partial charge in [-0.05, 0) is 13.0 Å². The first kappa shape index (κ1) is 11.1. The Morgan fingerprint density at radius 1 is 1.38 bits per heavy atom. The van der Waals surface area contributed by atoms with Crippen LogP contribution in [0, 0.1) is 0 Å². The molecule has 0 radical (unpaired) electrons. The molecular formula is C10H13N3O2S. The summed E-state index contributed by atoms with van der Waals surface area (Å²) in [6.45, 7) is 2.66. The first-order valence-electron chi connectivity index (χ1n) is 4.96. The number of aryl methyl sites for hydroxylation is 1. The number of sulfonamides is 1. The summed E-state index contributed by atoms with van der Waals surface area (Å²) in [4.78, 5) is 0. The van der Waals surface area contributed by atoms with Gasteiger partial charge in [-0.2, -0.15) is 5.10 Å². The molecule has 0 unspecified atom stereocenters. The van der Waals surface area contributed by atoms with Crippen LogP contribution in [-0.2, 0) is 22.3 Å². The fourth-order valence-corrected chi connectivity index (χ4v) is 2.33. The molecule has 86 valence electrons. The number of hydrogen-bond donors (Lipinski definition) is 1. The van der Waals surface area contributed by atoms with Gasteiger partial charge in [-0.15, -0.1) is 0 Å². The number of nitrogens with two attached hydrogens (primary N) is 1. The van der Waals surface area contributed by atoms with Gasteiger partial charge in [-0.25, -0.2) is 13.6 Å². The third-order valence-corrected chi connectivity index (χ3v) is 3.05. The Balaban J connectivity index is 2.62. The SMILES string of the molecule is CCn1nc(CS(N)(=O)=O)c2ccccc21. The van der Waals surface area contributed by atoms with Crippen molar-refractivity contribution >= 4 is 20.9 Å². The Morgan fingerprint density at radius 2 is 2.06 bits per heavy atom. The summed E-state index contributed by atoms with van der Waals surface area (Å²) in [6.07, 6.45) is 0. The van der Waals surface area contributed by atoms with Crippen LogP contribution in [0.1, 0.15) is 12.6 Å². The third kappa shape index (κ3) is 2.07. The van der Waals surface area contributed by atoms with Crippen molar-refractivity contribution in [3.05, 3.63) is 30.0 Å². The molecule has 1 aromatic carbocycles. The van der Waals surface area contributed by atoms with E-state index in [1.165, 1.54) is 0 Å². The lowest BCUT2D eigenvalue weighted by Crippen LogP contribution is -2.15.